The maximum Gasteiger partial charge on any atom is 0.119 e. The summed E-state index contributed by atoms with van der Waals surface area (Å²) in [6.07, 6.45) is 9.65. The molecule has 21 heavy (non-hydrogen) atoms. The van der Waals surface area contributed by atoms with Gasteiger partial charge in [-0.15, -0.1) is 0 Å². The molecule has 3 rings (SSSR count). The van der Waals surface area contributed by atoms with E-state index in [4.69, 9.17) is 4.74 Å². The first kappa shape index (κ1) is 15.2. The summed E-state index contributed by atoms with van der Waals surface area (Å²) >= 11 is 2.25. The normalized spacial score (nSPS) is 26.4. The molecule has 0 aromatic heterocycles. The molecule has 2 atom stereocenters. The Balaban J connectivity index is 1.76. The van der Waals surface area contributed by atoms with Crippen LogP contribution in [0.5, 0.6) is 5.75 Å². The summed E-state index contributed by atoms with van der Waals surface area (Å²) in [5.41, 5.74) is 2.95. The van der Waals surface area contributed by atoms with E-state index in [1.807, 2.05) is 0 Å². The molecule has 0 saturated heterocycles. The second kappa shape index (κ2) is 7.06. The highest BCUT2D eigenvalue weighted by molar-refractivity contribution is 8.00. The van der Waals surface area contributed by atoms with Crippen LogP contribution >= 0.6 is 11.8 Å². The molecule has 1 aromatic carbocycles. The van der Waals surface area contributed by atoms with Crippen molar-refractivity contribution in [3.63, 3.8) is 0 Å². The van der Waals surface area contributed by atoms with E-state index in [0.29, 0.717) is 11.3 Å². The third-order valence-corrected chi connectivity index (χ3v) is 6.70. The minimum Gasteiger partial charge on any atom is -0.497 e. The zero-order valence-electron chi connectivity index (χ0n) is 13.2. The summed E-state index contributed by atoms with van der Waals surface area (Å²) in [6.45, 7) is 0. The van der Waals surface area contributed by atoms with E-state index < -0.39 is 0 Å². The van der Waals surface area contributed by atoms with E-state index in [9.17, 15) is 0 Å². The summed E-state index contributed by atoms with van der Waals surface area (Å²) in [5, 5.41) is 5.16. The molecule has 0 amide bonds. The zero-order valence-corrected chi connectivity index (χ0v) is 14.0. The lowest BCUT2D eigenvalue weighted by molar-refractivity contribution is 0.411. The number of benzene rings is 1. The number of methoxy groups -OCH3 is 1. The quantitative estimate of drug-likeness (QED) is 0.894. The summed E-state index contributed by atoms with van der Waals surface area (Å²) in [7, 11) is 3.86. The van der Waals surface area contributed by atoms with Gasteiger partial charge in [0.15, 0.2) is 0 Å². The first-order chi connectivity index (χ1) is 10.3. The van der Waals surface area contributed by atoms with Gasteiger partial charge < -0.3 is 10.1 Å². The van der Waals surface area contributed by atoms with E-state index in [0.717, 1.165) is 11.0 Å². The van der Waals surface area contributed by atoms with Crippen molar-refractivity contribution in [2.45, 2.75) is 61.5 Å². The Morgan fingerprint density at radius 1 is 1.14 bits per heavy atom. The Morgan fingerprint density at radius 3 is 2.67 bits per heavy atom. The number of rotatable bonds is 4. The molecule has 2 unspecified atom stereocenters. The SMILES string of the molecule is CNC1c2cc(OC)ccc2CCC1SC1CCCCC1. The molecule has 0 aliphatic heterocycles. The summed E-state index contributed by atoms with van der Waals surface area (Å²) < 4.78 is 5.42. The average molecular weight is 305 g/mol. The van der Waals surface area contributed by atoms with Crippen molar-refractivity contribution in [1.29, 1.82) is 0 Å². The smallest absolute Gasteiger partial charge is 0.119 e. The molecule has 0 bridgehead atoms. The van der Waals surface area contributed by atoms with Crippen LogP contribution in [-0.2, 0) is 6.42 Å². The first-order valence-corrected chi connectivity index (χ1v) is 9.25. The third-order valence-electron chi connectivity index (χ3n) is 4.99. The van der Waals surface area contributed by atoms with Gasteiger partial charge in [0.25, 0.3) is 0 Å². The number of thioether (sulfide) groups is 1. The largest absolute Gasteiger partial charge is 0.497 e. The Bertz CT molecular complexity index is 470. The van der Waals surface area contributed by atoms with Gasteiger partial charge in [-0.2, -0.15) is 11.8 Å². The number of ether oxygens (including phenoxy) is 1. The first-order valence-electron chi connectivity index (χ1n) is 8.31. The van der Waals surface area contributed by atoms with Crippen LogP contribution in [0.4, 0.5) is 0 Å². The zero-order chi connectivity index (χ0) is 14.7. The molecule has 1 saturated carbocycles. The van der Waals surface area contributed by atoms with Crippen LogP contribution in [0.25, 0.3) is 0 Å². The highest BCUT2D eigenvalue weighted by Gasteiger charge is 2.31. The summed E-state index contributed by atoms with van der Waals surface area (Å²) in [6, 6.07) is 7.06. The van der Waals surface area contributed by atoms with Gasteiger partial charge in [-0.25, -0.2) is 0 Å². The summed E-state index contributed by atoms with van der Waals surface area (Å²) in [5.74, 6) is 0.984. The van der Waals surface area contributed by atoms with Crippen LogP contribution in [0.3, 0.4) is 0 Å². The number of hydrogen-bond donors (Lipinski definition) is 1. The van der Waals surface area contributed by atoms with E-state index in [1.54, 1.807) is 7.11 Å². The van der Waals surface area contributed by atoms with E-state index in [1.165, 1.54) is 56.1 Å². The lowest BCUT2D eigenvalue weighted by atomic mass is 9.87. The van der Waals surface area contributed by atoms with Crippen LogP contribution < -0.4 is 10.1 Å². The molecule has 2 nitrogen and oxygen atoms in total. The van der Waals surface area contributed by atoms with Crippen LogP contribution in [0.1, 0.15) is 55.7 Å². The minimum atomic E-state index is 0.468. The van der Waals surface area contributed by atoms with Crippen molar-refractivity contribution in [3.8, 4) is 5.75 Å². The fourth-order valence-electron chi connectivity index (χ4n) is 3.82. The van der Waals surface area contributed by atoms with Gasteiger partial charge >= 0.3 is 0 Å². The molecule has 3 heteroatoms. The molecule has 0 radical (unpaired) electrons. The fraction of sp³-hybridized carbons (Fsp3) is 0.667. The minimum absolute atomic E-state index is 0.468. The number of fused-ring (bicyclic) bond motifs is 1. The Kier molecular flexibility index (Phi) is 5.12. The molecular weight excluding hydrogens is 278 g/mol. The van der Waals surface area contributed by atoms with Crippen molar-refractivity contribution < 1.29 is 4.74 Å². The number of hydrogen-bond acceptors (Lipinski definition) is 3. The second-order valence-corrected chi connectivity index (χ2v) is 7.85. The Morgan fingerprint density at radius 2 is 1.95 bits per heavy atom. The van der Waals surface area contributed by atoms with Crippen LogP contribution in [-0.4, -0.2) is 24.7 Å². The van der Waals surface area contributed by atoms with E-state index >= 15 is 0 Å². The molecule has 2 aliphatic rings. The highest BCUT2D eigenvalue weighted by atomic mass is 32.2. The van der Waals surface area contributed by atoms with Crippen molar-refractivity contribution in [2.75, 3.05) is 14.2 Å². The van der Waals surface area contributed by atoms with Gasteiger partial charge in [0.1, 0.15) is 5.75 Å². The predicted molar refractivity (Wildman–Crippen MR) is 91.4 cm³/mol. The lowest BCUT2D eigenvalue weighted by Crippen LogP contribution is -2.33. The van der Waals surface area contributed by atoms with E-state index in [-0.39, 0.29) is 0 Å². The van der Waals surface area contributed by atoms with Crippen LogP contribution in [0.2, 0.25) is 0 Å². The maximum absolute atomic E-state index is 5.42. The van der Waals surface area contributed by atoms with Gasteiger partial charge in [-0.1, -0.05) is 25.3 Å². The Labute approximate surface area is 133 Å². The van der Waals surface area contributed by atoms with Gasteiger partial charge in [-0.05, 0) is 56.0 Å². The maximum atomic E-state index is 5.42. The monoisotopic (exact) mass is 305 g/mol. The van der Waals surface area contributed by atoms with Gasteiger partial charge in [0, 0.05) is 16.5 Å². The molecule has 0 heterocycles. The van der Waals surface area contributed by atoms with Crippen molar-refractivity contribution in [1.82, 2.24) is 5.32 Å². The molecule has 116 valence electrons. The molecule has 2 aliphatic carbocycles. The van der Waals surface area contributed by atoms with Gasteiger partial charge in [0.05, 0.1) is 7.11 Å². The van der Waals surface area contributed by atoms with Gasteiger partial charge in [-0.3, -0.25) is 0 Å². The Hall–Kier alpha value is -0.670. The third kappa shape index (κ3) is 3.40. The molecule has 0 spiro atoms. The van der Waals surface area contributed by atoms with Crippen molar-refractivity contribution >= 4 is 11.8 Å². The number of nitrogens with one attached hydrogen (secondary N) is 1. The average Bonchev–Trinajstić information content (AvgIpc) is 2.55. The topological polar surface area (TPSA) is 21.3 Å². The van der Waals surface area contributed by atoms with Crippen LogP contribution in [0, 0.1) is 0 Å². The predicted octanol–water partition coefficient (Wildman–Crippen LogP) is 4.34. The van der Waals surface area contributed by atoms with Crippen molar-refractivity contribution in [2.24, 2.45) is 0 Å². The molecule has 1 fully saturated rings. The molecular formula is C18H27NOS. The second-order valence-electron chi connectivity index (χ2n) is 6.30. The fourth-order valence-corrected chi connectivity index (χ4v) is 5.61. The standard InChI is InChI=1S/C18H27NOS/c1-19-18-16-12-14(20-2)10-8-13(16)9-11-17(18)21-15-6-4-3-5-7-15/h8,10,12,15,17-19H,3-7,9,11H2,1-2H3. The molecule has 1 aromatic rings. The summed E-state index contributed by atoms with van der Waals surface area (Å²) in [4.78, 5) is 0. The lowest BCUT2D eigenvalue weighted by Gasteiger charge is -2.36. The van der Waals surface area contributed by atoms with Gasteiger partial charge in [0.2, 0.25) is 0 Å². The number of aryl methyl sites for hydroxylation is 1. The van der Waals surface area contributed by atoms with E-state index in [2.05, 4.69) is 42.3 Å². The highest BCUT2D eigenvalue weighted by Crippen LogP contribution is 2.42. The van der Waals surface area contributed by atoms with Crippen molar-refractivity contribution in [3.05, 3.63) is 29.3 Å². The van der Waals surface area contributed by atoms with Crippen LogP contribution in [0.15, 0.2) is 18.2 Å². The molecule has 1 N–H and O–H groups in total.